The van der Waals surface area contributed by atoms with Crippen LogP contribution in [-0.4, -0.2) is 37.3 Å². The highest BCUT2D eigenvalue weighted by Gasteiger charge is 2.45. The fraction of sp³-hybridized carbons (Fsp3) is 0.500. The lowest BCUT2D eigenvalue weighted by molar-refractivity contribution is -0.131. The van der Waals surface area contributed by atoms with Gasteiger partial charge in [-0.2, -0.15) is 4.31 Å². The number of rotatable bonds is 2. The molecule has 1 saturated heterocycles. The van der Waals surface area contributed by atoms with Gasteiger partial charge < -0.3 is 5.32 Å². The van der Waals surface area contributed by atoms with E-state index in [1.165, 1.54) is 16.4 Å². The van der Waals surface area contributed by atoms with E-state index in [4.69, 9.17) is 0 Å². The number of carbonyl (C=O) groups excluding carboxylic acids is 1. The summed E-state index contributed by atoms with van der Waals surface area (Å²) in [6.45, 7) is 6.69. The summed E-state index contributed by atoms with van der Waals surface area (Å²) in [5.41, 5.74) is -0.492. The number of aryl methyl sites for hydroxylation is 2. The van der Waals surface area contributed by atoms with Crippen molar-refractivity contribution >= 4 is 15.9 Å². The molecule has 0 atom stereocenters. The summed E-state index contributed by atoms with van der Waals surface area (Å²) in [6, 6.07) is 2.38. The maximum atomic E-state index is 13.4. The van der Waals surface area contributed by atoms with Gasteiger partial charge in [0, 0.05) is 13.1 Å². The Morgan fingerprint density at radius 1 is 1.24 bits per heavy atom. The Morgan fingerprint density at radius 2 is 1.76 bits per heavy atom. The Kier molecular flexibility index (Phi) is 3.84. The van der Waals surface area contributed by atoms with Crippen molar-refractivity contribution in [3.63, 3.8) is 0 Å². The van der Waals surface area contributed by atoms with E-state index >= 15 is 0 Å². The molecule has 1 heterocycles. The number of nitrogens with zero attached hydrogens (tertiary/aromatic N) is 1. The van der Waals surface area contributed by atoms with Gasteiger partial charge in [0.05, 0.1) is 4.90 Å². The fourth-order valence-electron chi connectivity index (χ4n) is 2.72. The van der Waals surface area contributed by atoms with E-state index in [1.807, 2.05) is 0 Å². The Balaban J connectivity index is 2.60. The normalized spacial score (nSPS) is 19.4. The molecule has 7 heteroatoms. The van der Waals surface area contributed by atoms with Crippen LogP contribution in [0.4, 0.5) is 4.39 Å². The summed E-state index contributed by atoms with van der Waals surface area (Å²) >= 11 is 0. The van der Waals surface area contributed by atoms with E-state index in [0.717, 1.165) is 0 Å². The highest BCUT2D eigenvalue weighted by atomic mass is 32.2. The van der Waals surface area contributed by atoms with Crippen LogP contribution in [0.5, 0.6) is 0 Å². The lowest BCUT2D eigenvalue weighted by Crippen LogP contribution is -2.63. The van der Waals surface area contributed by atoms with Crippen LogP contribution in [0.2, 0.25) is 0 Å². The minimum Gasteiger partial charge on any atom is -0.353 e. The Labute approximate surface area is 124 Å². The van der Waals surface area contributed by atoms with E-state index in [-0.39, 0.29) is 23.9 Å². The van der Waals surface area contributed by atoms with Crippen molar-refractivity contribution < 1.29 is 17.6 Å². The minimum absolute atomic E-state index is 0.0756. The van der Waals surface area contributed by atoms with E-state index in [0.29, 0.717) is 11.1 Å². The van der Waals surface area contributed by atoms with Crippen LogP contribution in [0.15, 0.2) is 17.0 Å². The molecule has 0 bridgehead atoms. The van der Waals surface area contributed by atoms with Gasteiger partial charge in [-0.3, -0.25) is 4.79 Å². The molecule has 116 valence electrons. The molecule has 21 heavy (non-hydrogen) atoms. The first-order valence-electron chi connectivity index (χ1n) is 6.66. The number of benzene rings is 1. The van der Waals surface area contributed by atoms with Crippen molar-refractivity contribution in [3.8, 4) is 0 Å². The van der Waals surface area contributed by atoms with Gasteiger partial charge in [0.2, 0.25) is 15.9 Å². The second kappa shape index (κ2) is 5.06. The molecule has 0 aliphatic carbocycles. The molecular formula is C14H19FN2O3S. The van der Waals surface area contributed by atoms with Crippen molar-refractivity contribution in [2.24, 2.45) is 0 Å². The van der Waals surface area contributed by atoms with Crippen LogP contribution >= 0.6 is 0 Å². The Bertz CT molecular complexity index is 675. The van der Waals surface area contributed by atoms with Gasteiger partial charge in [-0.1, -0.05) is 0 Å². The zero-order valence-electron chi connectivity index (χ0n) is 12.5. The lowest BCUT2D eigenvalue weighted by atomic mass is 10.0. The first kappa shape index (κ1) is 15.9. The quantitative estimate of drug-likeness (QED) is 0.896. The van der Waals surface area contributed by atoms with E-state index in [9.17, 15) is 17.6 Å². The SMILES string of the molecule is Cc1cc(F)cc(C)c1S(=O)(=O)N1CCNC(=O)C1(C)C. The third-order valence-electron chi connectivity index (χ3n) is 3.75. The van der Waals surface area contributed by atoms with Crippen molar-refractivity contribution in [3.05, 3.63) is 29.1 Å². The van der Waals surface area contributed by atoms with Crippen LogP contribution in [0.25, 0.3) is 0 Å². The molecule has 1 fully saturated rings. The average Bonchev–Trinajstić information content (AvgIpc) is 2.30. The number of hydrogen-bond acceptors (Lipinski definition) is 3. The number of amides is 1. The van der Waals surface area contributed by atoms with Crippen LogP contribution in [-0.2, 0) is 14.8 Å². The second-order valence-electron chi connectivity index (χ2n) is 5.76. The summed E-state index contributed by atoms with van der Waals surface area (Å²) in [4.78, 5) is 12.0. The zero-order valence-corrected chi connectivity index (χ0v) is 13.3. The average molecular weight is 314 g/mol. The van der Waals surface area contributed by atoms with Gasteiger partial charge in [0.15, 0.2) is 0 Å². The highest BCUT2D eigenvalue weighted by Crippen LogP contribution is 2.30. The standard InChI is InChI=1S/C14H19FN2O3S/c1-9-7-11(15)8-10(2)12(9)21(19,20)17-6-5-16-13(18)14(17,3)4/h7-8H,5-6H2,1-4H3,(H,16,18). The lowest BCUT2D eigenvalue weighted by Gasteiger charge is -2.40. The molecule has 0 aromatic heterocycles. The van der Waals surface area contributed by atoms with Crippen molar-refractivity contribution in [1.82, 2.24) is 9.62 Å². The summed E-state index contributed by atoms with van der Waals surface area (Å²) in [5, 5.41) is 2.66. The van der Waals surface area contributed by atoms with E-state index < -0.39 is 21.4 Å². The van der Waals surface area contributed by atoms with Gasteiger partial charge in [-0.05, 0) is 51.0 Å². The topological polar surface area (TPSA) is 66.5 Å². The molecule has 1 aliphatic heterocycles. The molecule has 1 N–H and O–H groups in total. The van der Waals surface area contributed by atoms with E-state index in [2.05, 4.69) is 5.32 Å². The molecule has 1 aromatic rings. The van der Waals surface area contributed by atoms with Gasteiger partial charge in [-0.25, -0.2) is 12.8 Å². The molecule has 2 rings (SSSR count). The smallest absolute Gasteiger partial charge is 0.244 e. The molecule has 0 saturated carbocycles. The third-order valence-corrected chi connectivity index (χ3v) is 6.13. The number of piperazine rings is 1. The summed E-state index contributed by atoms with van der Waals surface area (Å²) in [6.07, 6.45) is 0. The van der Waals surface area contributed by atoms with Crippen LogP contribution in [0, 0.1) is 19.7 Å². The monoisotopic (exact) mass is 314 g/mol. The van der Waals surface area contributed by atoms with Crippen LogP contribution in [0.3, 0.4) is 0 Å². The van der Waals surface area contributed by atoms with Crippen LogP contribution < -0.4 is 5.32 Å². The van der Waals surface area contributed by atoms with E-state index in [1.54, 1.807) is 27.7 Å². The van der Waals surface area contributed by atoms with Crippen molar-refractivity contribution in [2.45, 2.75) is 38.1 Å². The second-order valence-corrected chi connectivity index (χ2v) is 7.56. The predicted octanol–water partition coefficient (Wildman–Crippen LogP) is 1.34. The first-order chi connectivity index (χ1) is 9.58. The molecule has 5 nitrogen and oxygen atoms in total. The Hall–Kier alpha value is -1.47. The number of nitrogens with one attached hydrogen (secondary N) is 1. The van der Waals surface area contributed by atoms with Gasteiger partial charge in [-0.15, -0.1) is 0 Å². The number of halogens is 1. The van der Waals surface area contributed by atoms with Gasteiger partial charge in [0.25, 0.3) is 0 Å². The maximum Gasteiger partial charge on any atom is 0.244 e. The fourth-order valence-corrected chi connectivity index (χ4v) is 4.88. The zero-order chi connectivity index (χ0) is 16.0. The van der Waals surface area contributed by atoms with Gasteiger partial charge >= 0.3 is 0 Å². The first-order valence-corrected chi connectivity index (χ1v) is 8.10. The summed E-state index contributed by atoms with van der Waals surface area (Å²) in [7, 11) is -3.87. The number of carbonyl (C=O) groups is 1. The summed E-state index contributed by atoms with van der Waals surface area (Å²) < 4.78 is 40.4. The van der Waals surface area contributed by atoms with Gasteiger partial charge in [0.1, 0.15) is 11.4 Å². The molecule has 0 radical (unpaired) electrons. The molecular weight excluding hydrogens is 295 g/mol. The summed E-state index contributed by atoms with van der Waals surface area (Å²) in [5.74, 6) is -0.811. The minimum atomic E-state index is -3.87. The largest absolute Gasteiger partial charge is 0.353 e. The predicted molar refractivity (Wildman–Crippen MR) is 76.9 cm³/mol. The molecule has 0 spiro atoms. The molecule has 1 aromatic carbocycles. The van der Waals surface area contributed by atoms with Crippen molar-refractivity contribution in [1.29, 1.82) is 0 Å². The number of sulfonamides is 1. The third kappa shape index (κ3) is 2.55. The molecule has 1 amide bonds. The van der Waals surface area contributed by atoms with Crippen molar-refractivity contribution in [2.75, 3.05) is 13.1 Å². The number of hydrogen-bond donors (Lipinski definition) is 1. The maximum absolute atomic E-state index is 13.4. The Morgan fingerprint density at radius 3 is 2.29 bits per heavy atom. The van der Waals surface area contributed by atoms with Crippen LogP contribution in [0.1, 0.15) is 25.0 Å². The highest BCUT2D eigenvalue weighted by molar-refractivity contribution is 7.89. The molecule has 1 aliphatic rings. The molecule has 0 unspecified atom stereocenters.